The highest BCUT2D eigenvalue weighted by Gasteiger charge is 2.47. The van der Waals surface area contributed by atoms with E-state index in [9.17, 15) is 18.3 Å². The predicted octanol–water partition coefficient (Wildman–Crippen LogP) is 4.42. The van der Waals surface area contributed by atoms with E-state index in [0.29, 0.717) is 5.56 Å². The van der Waals surface area contributed by atoms with Crippen LogP contribution in [0.1, 0.15) is 39.1 Å². The van der Waals surface area contributed by atoms with Crippen molar-refractivity contribution in [2.45, 2.75) is 45.2 Å². The lowest BCUT2D eigenvalue weighted by Gasteiger charge is -2.45. The monoisotopic (exact) mass is 521 g/mol. The van der Waals surface area contributed by atoms with Gasteiger partial charge in [0.1, 0.15) is 16.5 Å². The minimum atomic E-state index is -3.59. The molecule has 0 aliphatic carbocycles. The van der Waals surface area contributed by atoms with Gasteiger partial charge in [0.25, 0.3) is 0 Å². The Balaban J connectivity index is 2.14. The molecule has 1 amide bonds. The van der Waals surface area contributed by atoms with Gasteiger partial charge in [-0.1, -0.05) is 41.9 Å². The summed E-state index contributed by atoms with van der Waals surface area (Å²) in [5, 5.41) is 18.5. The van der Waals surface area contributed by atoms with Crippen LogP contribution in [0, 0.1) is 0 Å². The SMILES string of the molecule is CN(c1cc(-c2nnc(C(C)(Cc3ccccc3)N(C(=O)O)C(C)(C)C)o2)cc(Cl)n1)S(C)(=O)=O. The molecule has 0 fully saturated rings. The number of pyridine rings is 1. The molecule has 0 aliphatic heterocycles. The molecule has 0 saturated heterocycles. The van der Waals surface area contributed by atoms with E-state index in [4.69, 9.17) is 16.0 Å². The Bertz CT molecular complexity index is 1320. The van der Waals surface area contributed by atoms with E-state index in [1.165, 1.54) is 24.1 Å². The number of rotatable bonds is 7. The maximum Gasteiger partial charge on any atom is 0.408 e. The molecule has 3 rings (SSSR count). The average molecular weight is 522 g/mol. The number of carboxylic acid groups (broad SMARTS) is 1. The third-order valence-corrected chi connectivity index (χ3v) is 6.86. The molecule has 3 aromatic rings. The second-order valence-electron chi connectivity index (χ2n) is 9.40. The molecule has 0 spiro atoms. The normalized spacial score (nSPS) is 13.8. The summed E-state index contributed by atoms with van der Waals surface area (Å²) >= 11 is 6.14. The molecule has 1 atom stereocenters. The van der Waals surface area contributed by atoms with Crippen molar-refractivity contribution in [3.8, 4) is 11.5 Å². The first-order valence-electron chi connectivity index (χ1n) is 10.7. The molecule has 188 valence electrons. The Morgan fingerprint density at radius 1 is 1.11 bits per heavy atom. The highest BCUT2D eigenvalue weighted by molar-refractivity contribution is 7.92. The summed E-state index contributed by atoms with van der Waals surface area (Å²) in [7, 11) is -2.24. The molecule has 0 saturated carbocycles. The number of benzene rings is 1. The van der Waals surface area contributed by atoms with Crippen LogP contribution in [0.5, 0.6) is 0 Å². The molecular weight excluding hydrogens is 494 g/mol. The Morgan fingerprint density at radius 2 is 1.74 bits per heavy atom. The molecule has 12 heteroatoms. The van der Waals surface area contributed by atoms with Gasteiger partial charge in [0.05, 0.1) is 6.26 Å². The molecule has 0 aliphatic rings. The maximum absolute atomic E-state index is 12.4. The fourth-order valence-corrected chi connectivity index (χ4v) is 4.61. The maximum atomic E-state index is 12.4. The van der Waals surface area contributed by atoms with Crippen molar-refractivity contribution in [2.24, 2.45) is 0 Å². The zero-order valence-electron chi connectivity index (χ0n) is 20.4. The molecule has 10 nitrogen and oxygen atoms in total. The Hall–Kier alpha value is -3.18. The van der Waals surface area contributed by atoms with Crippen molar-refractivity contribution in [1.29, 1.82) is 0 Å². The van der Waals surface area contributed by atoms with Gasteiger partial charge in [0.15, 0.2) is 0 Å². The van der Waals surface area contributed by atoms with Crippen LogP contribution in [0.25, 0.3) is 11.5 Å². The third-order valence-electron chi connectivity index (χ3n) is 5.48. The van der Waals surface area contributed by atoms with Crippen LogP contribution in [-0.2, 0) is 22.0 Å². The number of sulfonamides is 1. The van der Waals surface area contributed by atoms with Crippen molar-refractivity contribution in [3.63, 3.8) is 0 Å². The highest BCUT2D eigenvalue weighted by Crippen LogP contribution is 2.38. The van der Waals surface area contributed by atoms with E-state index < -0.39 is 27.2 Å². The summed E-state index contributed by atoms with van der Waals surface area (Å²) in [5.41, 5.74) is -0.793. The molecule has 2 aromatic heterocycles. The number of halogens is 1. The second-order valence-corrected chi connectivity index (χ2v) is 11.8. The molecular formula is C23H28ClN5O5S. The van der Waals surface area contributed by atoms with E-state index in [1.54, 1.807) is 27.7 Å². The summed E-state index contributed by atoms with van der Waals surface area (Å²) in [6.45, 7) is 7.10. The molecule has 0 bridgehead atoms. The molecule has 35 heavy (non-hydrogen) atoms. The van der Waals surface area contributed by atoms with Gasteiger partial charge in [0.2, 0.25) is 21.8 Å². The van der Waals surface area contributed by atoms with Crippen LogP contribution in [0.3, 0.4) is 0 Å². The van der Waals surface area contributed by atoms with Crippen LogP contribution >= 0.6 is 11.6 Å². The lowest BCUT2D eigenvalue weighted by molar-refractivity contribution is 0.00810. The quantitative estimate of drug-likeness (QED) is 0.452. The highest BCUT2D eigenvalue weighted by atomic mass is 35.5. The molecule has 1 unspecified atom stereocenters. The number of carbonyl (C=O) groups is 1. The van der Waals surface area contributed by atoms with Gasteiger partial charge < -0.3 is 9.52 Å². The van der Waals surface area contributed by atoms with Gasteiger partial charge in [0, 0.05) is 24.6 Å². The minimum Gasteiger partial charge on any atom is -0.465 e. The van der Waals surface area contributed by atoms with E-state index in [2.05, 4.69) is 15.2 Å². The third kappa shape index (κ3) is 5.73. The lowest BCUT2D eigenvalue weighted by atomic mass is 9.87. The standard InChI is InChI=1S/C23H28ClN5O5S/c1-22(2,3)29(21(30)31)23(4,14-15-10-8-7-9-11-15)20-27-26-19(34-20)16-12-17(24)25-18(13-16)28(5)35(6,32)33/h7-13H,14H2,1-6H3,(H,30,31). The first kappa shape index (κ1) is 26.4. The number of aromatic nitrogens is 3. The number of amides is 1. The number of anilines is 1. The van der Waals surface area contributed by atoms with Gasteiger partial charge in [-0.3, -0.25) is 9.21 Å². The van der Waals surface area contributed by atoms with E-state index in [-0.39, 0.29) is 29.2 Å². The lowest BCUT2D eigenvalue weighted by Crippen LogP contribution is -2.57. The summed E-state index contributed by atoms with van der Waals surface area (Å²) < 4.78 is 30.9. The molecule has 1 aromatic carbocycles. The number of hydrogen-bond donors (Lipinski definition) is 1. The zero-order valence-corrected chi connectivity index (χ0v) is 21.9. The molecule has 1 N–H and O–H groups in total. The molecule has 0 radical (unpaired) electrons. The smallest absolute Gasteiger partial charge is 0.408 e. The first-order chi connectivity index (χ1) is 16.1. The van der Waals surface area contributed by atoms with Crippen molar-refractivity contribution < 1.29 is 22.7 Å². The Morgan fingerprint density at radius 3 is 2.29 bits per heavy atom. The van der Waals surface area contributed by atoms with Gasteiger partial charge in [-0.05, 0) is 45.4 Å². The van der Waals surface area contributed by atoms with Crippen LogP contribution in [0.15, 0.2) is 46.9 Å². The fraction of sp³-hybridized carbons (Fsp3) is 0.391. The van der Waals surface area contributed by atoms with Gasteiger partial charge in [-0.2, -0.15) is 0 Å². The summed E-state index contributed by atoms with van der Waals surface area (Å²) in [4.78, 5) is 17.8. The van der Waals surface area contributed by atoms with Crippen LogP contribution in [0.2, 0.25) is 5.15 Å². The minimum absolute atomic E-state index is 0.0293. The van der Waals surface area contributed by atoms with Gasteiger partial charge in [-0.25, -0.2) is 18.2 Å². The van der Waals surface area contributed by atoms with Crippen LogP contribution < -0.4 is 4.31 Å². The van der Waals surface area contributed by atoms with Crippen LogP contribution in [0.4, 0.5) is 10.6 Å². The van der Waals surface area contributed by atoms with Crippen molar-refractivity contribution in [3.05, 3.63) is 59.1 Å². The zero-order chi connectivity index (χ0) is 26.2. The molecule has 2 heterocycles. The van der Waals surface area contributed by atoms with E-state index in [0.717, 1.165) is 16.1 Å². The number of hydrogen-bond acceptors (Lipinski definition) is 7. The number of nitrogens with zero attached hydrogens (tertiary/aromatic N) is 5. The van der Waals surface area contributed by atoms with Crippen molar-refractivity contribution >= 4 is 33.5 Å². The largest absolute Gasteiger partial charge is 0.465 e. The van der Waals surface area contributed by atoms with E-state index >= 15 is 0 Å². The topological polar surface area (TPSA) is 130 Å². The predicted molar refractivity (Wildman–Crippen MR) is 133 cm³/mol. The first-order valence-corrected chi connectivity index (χ1v) is 12.9. The summed E-state index contributed by atoms with van der Waals surface area (Å²) in [6.07, 6.45) is 0.181. The second kappa shape index (κ2) is 9.46. The van der Waals surface area contributed by atoms with Crippen molar-refractivity contribution in [2.75, 3.05) is 17.6 Å². The summed E-state index contributed by atoms with van der Waals surface area (Å²) in [5.74, 6) is 0.203. The van der Waals surface area contributed by atoms with Gasteiger partial charge in [-0.15, -0.1) is 10.2 Å². The van der Waals surface area contributed by atoms with E-state index in [1.807, 2.05) is 30.3 Å². The van der Waals surface area contributed by atoms with Crippen molar-refractivity contribution in [1.82, 2.24) is 20.1 Å². The van der Waals surface area contributed by atoms with Gasteiger partial charge >= 0.3 is 6.09 Å². The Labute approximate surface area is 209 Å². The summed E-state index contributed by atoms with van der Waals surface area (Å²) in [6, 6.07) is 12.3. The fourth-order valence-electron chi connectivity index (χ4n) is 3.98. The van der Waals surface area contributed by atoms with Crippen LogP contribution in [-0.4, -0.2) is 58.5 Å². The Kier molecular flexibility index (Phi) is 7.14. The average Bonchev–Trinajstić information content (AvgIpc) is 3.22.